The zero-order valence-corrected chi connectivity index (χ0v) is 11.5. The molecule has 0 aliphatic heterocycles. The Hall–Kier alpha value is -1.10. The molecule has 0 saturated heterocycles. The highest BCUT2D eigenvalue weighted by Gasteiger charge is 2.17. The fraction of sp³-hybridized carbons (Fsp3) is 0.333. The zero-order valence-electron chi connectivity index (χ0n) is 9.95. The van der Waals surface area contributed by atoms with Crippen LogP contribution in [-0.2, 0) is 6.42 Å². The highest BCUT2D eigenvalue weighted by atomic mass is 35.5. The summed E-state index contributed by atoms with van der Waals surface area (Å²) in [4.78, 5) is 0. The molecule has 96 valence electrons. The molecule has 1 aromatic heterocycles. The van der Waals surface area contributed by atoms with Crippen LogP contribution in [-0.4, -0.2) is 22.0 Å². The van der Waals surface area contributed by atoms with Gasteiger partial charge in [0, 0.05) is 10.0 Å². The molecule has 4 nitrogen and oxygen atoms in total. The number of aromatic amines is 1. The molecule has 2 N–H and O–H groups in total. The highest BCUT2D eigenvalue weighted by Crippen LogP contribution is 2.28. The predicted octanol–water partition coefficient (Wildman–Crippen LogP) is 3.00. The highest BCUT2D eigenvalue weighted by molar-refractivity contribution is 6.36. The Bertz CT molecular complexity index is 479. The summed E-state index contributed by atoms with van der Waals surface area (Å²) in [5.41, 5.74) is 1.78. The molecule has 0 amide bonds. The van der Waals surface area contributed by atoms with Gasteiger partial charge in [-0.05, 0) is 30.7 Å². The Labute approximate surface area is 116 Å². The molecule has 0 saturated carbocycles. The van der Waals surface area contributed by atoms with Crippen LogP contribution < -0.4 is 5.32 Å². The van der Waals surface area contributed by atoms with Crippen LogP contribution in [0.4, 0.5) is 0 Å². The van der Waals surface area contributed by atoms with Crippen LogP contribution in [0.3, 0.4) is 0 Å². The summed E-state index contributed by atoms with van der Waals surface area (Å²) in [7, 11) is 0. The lowest BCUT2D eigenvalue weighted by molar-refractivity contribution is 0.535. The first-order chi connectivity index (χ1) is 8.72. The van der Waals surface area contributed by atoms with Gasteiger partial charge in [0.25, 0.3) is 0 Å². The van der Waals surface area contributed by atoms with E-state index < -0.39 is 0 Å². The van der Waals surface area contributed by atoms with Crippen molar-refractivity contribution in [2.24, 2.45) is 0 Å². The van der Waals surface area contributed by atoms with Gasteiger partial charge in [-0.1, -0.05) is 36.2 Å². The molecule has 1 aromatic carbocycles. The Morgan fingerprint density at radius 2 is 2.06 bits per heavy atom. The zero-order chi connectivity index (χ0) is 13.0. The van der Waals surface area contributed by atoms with Crippen LogP contribution in [0, 0.1) is 0 Å². The topological polar surface area (TPSA) is 53.6 Å². The van der Waals surface area contributed by atoms with E-state index in [9.17, 15) is 0 Å². The quantitative estimate of drug-likeness (QED) is 0.888. The molecule has 2 rings (SSSR count). The molecule has 0 spiro atoms. The Kier molecular flexibility index (Phi) is 4.58. The molecule has 6 heteroatoms. The van der Waals surface area contributed by atoms with Crippen LogP contribution in [0.5, 0.6) is 0 Å². The van der Waals surface area contributed by atoms with Crippen LogP contribution in [0.1, 0.15) is 24.2 Å². The SMILES string of the molecule is CCNC(Cc1c(Cl)cccc1Cl)c1cn[nH]n1. The van der Waals surface area contributed by atoms with Gasteiger partial charge in [-0.2, -0.15) is 15.4 Å². The van der Waals surface area contributed by atoms with Crippen molar-refractivity contribution in [1.29, 1.82) is 0 Å². The van der Waals surface area contributed by atoms with E-state index >= 15 is 0 Å². The smallest absolute Gasteiger partial charge is 0.0997 e. The minimum atomic E-state index is 0.0474. The van der Waals surface area contributed by atoms with E-state index in [1.54, 1.807) is 6.20 Å². The normalized spacial score (nSPS) is 12.6. The lowest BCUT2D eigenvalue weighted by atomic mass is 10.0. The van der Waals surface area contributed by atoms with E-state index in [-0.39, 0.29) is 6.04 Å². The van der Waals surface area contributed by atoms with Crippen LogP contribution >= 0.6 is 23.2 Å². The second-order valence-corrected chi connectivity index (χ2v) is 4.72. The lowest BCUT2D eigenvalue weighted by Crippen LogP contribution is -2.23. The van der Waals surface area contributed by atoms with Gasteiger partial charge in [0.15, 0.2) is 0 Å². The molecule has 0 fully saturated rings. The molecule has 1 atom stereocenters. The van der Waals surface area contributed by atoms with Gasteiger partial charge in [0.05, 0.1) is 17.9 Å². The summed E-state index contributed by atoms with van der Waals surface area (Å²) < 4.78 is 0. The number of aromatic nitrogens is 3. The first kappa shape index (κ1) is 13.3. The molecular formula is C12H14Cl2N4. The summed E-state index contributed by atoms with van der Waals surface area (Å²) >= 11 is 12.4. The van der Waals surface area contributed by atoms with E-state index in [1.165, 1.54) is 0 Å². The third-order valence-electron chi connectivity index (χ3n) is 2.71. The lowest BCUT2D eigenvalue weighted by Gasteiger charge is -2.16. The largest absolute Gasteiger partial charge is 0.309 e. The van der Waals surface area contributed by atoms with Crippen molar-refractivity contribution >= 4 is 23.2 Å². The second-order valence-electron chi connectivity index (χ2n) is 3.91. The van der Waals surface area contributed by atoms with E-state index in [4.69, 9.17) is 23.2 Å². The average molecular weight is 285 g/mol. The summed E-state index contributed by atoms with van der Waals surface area (Å²) in [6.45, 7) is 2.88. The van der Waals surface area contributed by atoms with Crippen LogP contribution in [0.2, 0.25) is 10.0 Å². The number of halogens is 2. The number of hydrogen-bond donors (Lipinski definition) is 2. The van der Waals surface area contributed by atoms with E-state index in [2.05, 4.69) is 20.7 Å². The second kappa shape index (κ2) is 6.18. The number of benzene rings is 1. The number of nitrogens with one attached hydrogen (secondary N) is 2. The third-order valence-corrected chi connectivity index (χ3v) is 3.42. The fourth-order valence-corrected chi connectivity index (χ4v) is 2.39. The number of likely N-dealkylation sites (N-methyl/N-ethyl adjacent to an activating group) is 1. The summed E-state index contributed by atoms with van der Waals surface area (Å²) in [6.07, 6.45) is 2.39. The monoisotopic (exact) mass is 284 g/mol. The molecule has 18 heavy (non-hydrogen) atoms. The van der Waals surface area contributed by atoms with Crippen molar-refractivity contribution in [3.8, 4) is 0 Å². The Balaban J connectivity index is 2.24. The minimum absolute atomic E-state index is 0.0474. The molecular weight excluding hydrogens is 271 g/mol. The maximum Gasteiger partial charge on any atom is 0.0997 e. The van der Waals surface area contributed by atoms with E-state index in [0.717, 1.165) is 17.8 Å². The number of H-pyrrole nitrogens is 1. The van der Waals surface area contributed by atoms with E-state index in [0.29, 0.717) is 16.5 Å². The van der Waals surface area contributed by atoms with Crippen molar-refractivity contribution in [2.45, 2.75) is 19.4 Å². The van der Waals surface area contributed by atoms with Gasteiger partial charge in [0.2, 0.25) is 0 Å². The minimum Gasteiger partial charge on any atom is -0.309 e. The first-order valence-corrected chi connectivity index (χ1v) is 6.50. The molecule has 1 heterocycles. The molecule has 0 aliphatic rings. The van der Waals surface area contributed by atoms with Crippen molar-refractivity contribution in [3.05, 3.63) is 45.7 Å². The van der Waals surface area contributed by atoms with Crippen molar-refractivity contribution in [3.63, 3.8) is 0 Å². The maximum absolute atomic E-state index is 6.18. The molecule has 0 radical (unpaired) electrons. The van der Waals surface area contributed by atoms with Gasteiger partial charge in [0.1, 0.15) is 0 Å². The Morgan fingerprint density at radius 3 is 2.61 bits per heavy atom. The number of hydrogen-bond acceptors (Lipinski definition) is 3. The van der Waals surface area contributed by atoms with Crippen molar-refractivity contribution in [1.82, 2.24) is 20.7 Å². The third kappa shape index (κ3) is 3.02. The predicted molar refractivity (Wildman–Crippen MR) is 73.0 cm³/mol. The number of rotatable bonds is 5. The van der Waals surface area contributed by atoms with Crippen LogP contribution in [0.25, 0.3) is 0 Å². The van der Waals surface area contributed by atoms with Gasteiger partial charge in [-0.3, -0.25) is 0 Å². The number of nitrogens with zero attached hydrogens (tertiary/aromatic N) is 2. The first-order valence-electron chi connectivity index (χ1n) is 5.74. The summed E-state index contributed by atoms with van der Waals surface area (Å²) in [5.74, 6) is 0. The summed E-state index contributed by atoms with van der Waals surface area (Å²) in [5, 5.41) is 15.3. The summed E-state index contributed by atoms with van der Waals surface area (Å²) in [6, 6.07) is 5.57. The Morgan fingerprint density at radius 1 is 1.33 bits per heavy atom. The van der Waals surface area contributed by atoms with Gasteiger partial charge < -0.3 is 5.32 Å². The maximum atomic E-state index is 6.18. The van der Waals surface area contributed by atoms with Crippen molar-refractivity contribution in [2.75, 3.05) is 6.54 Å². The van der Waals surface area contributed by atoms with Crippen LogP contribution in [0.15, 0.2) is 24.4 Å². The molecule has 1 unspecified atom stereocenters. The van der Waals surface area contributed by atoms with Gasteiger partial charge in [-0.15, -0.1) is 0 Å². The van der Waals surface area contributed by atoms with E-state index in [1.807, 2.05) is 25.1 Å². The molecule has 0 bridgehead atoms. The standard InChI is InChI=1S/C12H14Cl2N4/c1-2-15-11(12-7-16-18-17-12)6-8-9(13)4-3-5-10(8)14/h3-5,7,11,15H,2,6H2,1H3,(H,16,17,18). The fourth-order valence-electron chi connectivity index (χ4n) is 1.84. The van der Waals surface area contributed by atoms with Crippen molar-refractivity contribution < 1.29 is 0 Å². The molecule has 0 aliphatic carbocycles. The van der Waals surface area contributed by atoms with Gasteiger partial charge in [-0.25, -0.2) is 0 Å². The average Bonchev–Trinajstić information content (AvgIpc) is 2.86. The van der Waals surface area contributed by atoms with Gasteiger partial charge >= 0.3 is 0 Å². The molecule has 2 aromatic rings.